The molecule has 7 heteroatoms. The van der Waals surface area contributed by atoms with Crippen molar-refractivity contribution in [3.8, 4) is 0 Å². The van der Waals surface area contributed by atoms with E-state index in [0.29, 0.717) is 12.2 Å². The van der Waals surface area contributed by atoms with E-state index < -0.39 is 11.9 Å². The second-order valence-electron chi connectivity index (χ2n) is 1.60. The maximum atomic E-state index is 9.55. The van der Waals surface area contributed by atoms with Crippen LogP contribution in [0.1, 0.15) is 0 Å². The molecule has 0 saturated heterocycles. The fraction of sp³-hybridized carbons (Fsp3) is 0. The smallest absolute Gasteiger partial charge is 0.328 e. The molecular formula is C6H6N2O5. The molecule has 1 aromatic rings. The molecule has 0 unspecified atom stereocenters. The average molecular weight is 186 g/mol. The molecule has 0 aliphatic rings. The first-order valence-corrected chi connectivity index (χ1v) is 2.98. The van der Waals surface area contributed by atoms with Crippen LogP contribution in [0.15, 0.2) is 29.1 Å². The number of aromatic nitrogens is 2. The van der Waals surface area contributed by atoms with Crippen molar-refractivity contribution in [3.05, 3.63) is 24.6 Å². The summed E-state index contributed by atoms with van der Waals surface area (Å²) in [6.45, 7) is 0. The molecule has 0 aromatic carbocycles. The Morgan fingerprint density at radius 1 is 1.23 bits per heavy atom. The molecule has 7 nitrogen and oxygen atoms in total. The number of carboxylic acids is 2. The molecule has 1 rings (SSSR count). The first-order valence-electron chi connectivity index (χ1n) is 2.98. The van der Waals surface area contributed by atoms with Gasteiger partial charge in [-0.15, -0.1) is 5.10 Å². The van der Waals surface area contributed by atoms with Crippen molar-refractivity contribution in [1.29, 1.82) is 0 Å². The molecule has 1 aromatic heterocycles. The van der Waals surface area contributed by atoms with Gasteiger partial charge in [0.25, 0.3) is 0 Å². The van der Waals surface area contributed by atoms with E-state index in [1.165, 1.54) is 12.5 Å². The van der Waals surface area contributed by atoms with Crippen molar-refractivity contribution in [3.63, 3.8) is 0 Å². The Bertz CT molecular complexity index is 246. The van der Waals surface area contributed by atoms with Crippen molar-refractivity contribution in [2.75, 3.05) is 0 Å². The zero-order valence-electron chi connectivity index (χ0n) is 6.32. The molecule has 0 atom stereocenters. The van der Waals surface area contributed by atoms with E-state index in [1.54, 1.807) is 0 Å². The molecule has 0 spiro atoms. The highest BCUT2D eigenvalue weighted by atomic mass is 16.5. The molecule has 0 saturated carbocycles. The zero-order chi connectivity index (χ0) is 10.1. The Labute approximate surface area is 72.3 Å². The lowest BCUT2D eigenvalue weighted by molar-refractivity contribution is -0.134. The largest absolute Gasteiger partial charge is 0.478 e. The van der Waals surface area contributed by atoms with E-state index >= 15 is 0 Å². The van der Waals surface area contributed by atoms with Gasteiger partial charge in [0.2, 0.25) is 0 Å². The van der Waals surface area contributed by atoms with Crippen LogP contribution in [0.25, 0.3) is 0 Å². The van der Waals surface area contributed by atoms with Gasteiger partial charge < -0.3 is 14.7 Å². The summed E-state index contributed by atoms with van der Waals surface area (Å²) in [5, 5.41) is 22.0. The normalized spacial score (nSPS) is 8.92. The minimum Gasteiger partial charge on any atom is -0.478 e. The highest BCUT2D eigenvalue weighted by molar-refractivity contribution is 5.89. The third kappa shape index (κ3) is 9.82. The number of carboxylic acid groups (broad SMARTS) is 2. The van der Waals surface area contributed by atoms with E-state index in [9.17, 15) is 9.59 Å². The van der Waals surface area contributed by atoms with Gasteiger partial charge in [0.05, 0.1) is 6.20 Å². The van der Waals surface area contributed by atoms with Crippen LogP contribution in [-0.4, -0.2) is 32.5 Å². The van der Waals surface area contributed by atoms with Gasteiger partial charge in [0.1, 0.15) is 6.26 Å². The predicted molar refractivity (Wildman–Crippen MR) is 38.7 cm³/mol. The number of hydrogen-bond acceptors (Lipinski definition) is 5. The van der Waals surface area contributed by atoms with Gasteiger partial charge in [0, 0.05) is 17.4 Å². The first kappa shape index (κ1) is 10.8. The van der Waals surface area contributed by atoms with Crippen molar-refractivity contribution in [2.45, 2.75) is 0 Å². The standard InChI is InChI=1S/C4H4O4.C2H2N2O/c5-3(6)1-2-4(7)8;1-2-5-4-3-1/h1-2H,(H,5,6)(H,7,8);1-2H/b2-1-;. The maximum absolute atomic E-state index is 9.55. The fourth-order valence-electron chi connectivity index (χ4n) is 0.279. The number of nitrogens with zero attached hydrogens (tertiary/aromatic N) is 2. The Balaban J connectivity index is 0.000000243. The van der Waals surface area contributed by atoms with E-state index in [1.807, 2.05) is 0 Å². The van der Waals surface area contributed by atoms with Gasteiger partial charge in [-0.1, -0.05) is 0 Å². The van der Waals surface area contributed by atoms with Crippen LogP contribution in [0.4, 0.5) is 0 Å². The van der Waals surface area contributed by atoms with Crippen molar-refractivity contribution in [2.24, 2.45) is 0 Å². The summed E-state index contributed by atoms with van der Waals surface area (Å²) in [5.41, 5.74) is 0. The van der Waals surface area contributed by atoms with E-state index in [-0.39, 0.29) is 0 Å². The van der Waals surface area contributed by atoms with Crippen molar-refractivity contribution in [1.82, 2.24) is 10.4 Å². The predicted octanol–water partition coefficient (Wildman–Crippen LogP) is -0.219. The van der Waals surface area contributed by atoms with Crippen LogP contribution in [0.3, 0.4) is 0 Å². The van der Waals surface area contributed by atoms with Gasteiger partial charge in [-0.2, -0.15) is 0 Å². The van der Waals surface area contributed by atoms with E-state index in [2.05, 4.69) is 14.9 Å². The molecule has 0 fully saturated rings. The molecule has 0 aliphatic carbocycles. The molecule has 2 N–H and O–H groups in total. The topological polar surface area (TPSA) is 114 Å². The molecule has 70 valence electrons. The van der Waals surface area contributed by atoms with E-state index in [0.717, 1.165) is 0 Å². The second kappa shape index (κ2) is 6.53. The lowest BCUT2D eigenvalue weighted by Gasteiger charge is -1.74. The van der Waals surface area contributed by atoms with Gasteiger partial charge in [0.15, 0.2) is 0 Å². The van der Waals surface area contributed by atoms with Crippen LogP contribution in [0.2, 0.25) is 0 Å². The fourth-order valence-corrected chi connectivity index (χ4v) is 0.279. The molecule has 0 amide bonds. The third-order valence-electron chi connectivity index (χ3n) is 0.651. The van der Waals surface area contributed by atoms with Crippen LogP contribution >= 0.6 is 0 Å². The SMILES string of the molecule is O=C(O)/C=C\C(=O)O.c1conn1. The lowest BCUT2D eigenvalue weighted by Crippen LogP contribution is -1.91. The Morgan fingerprint density at radius 2 is 1.77 bits per heavy atom. The van der Waals surface area contributed by atoms with Crippen molar-refractivity contribution < 1.29 is 24.3 Å². The molecule has 0 radical (unpaired) electrons. The summed E-state index contributed by atoms with van der Waals surface area (Å²) >= 11 is 0. The zero-order valence-corrected chi connectivity index (χ0v) is 6.32. The average Bonchev–Trinajstić information content (AvgIpc) is 2.57. The van der Waals surface area contributed by atoms with E-state index in [4.69, 9.17) is 10.2 Å². The van der Waals surface area contributed by atoms with Gasteiger partial charge in [-0.3, -0.25) is 0 Å². The minimum absolute atomic E-state index is 0.558. The summed E-state index contributed by atoms with van der Waals surface area (Å²) in [5.74, 6) is -2.51. The monoisotopic (exact) mass is 186 g/mol. The van der Waals surface area contributed by atoms with Gasteiger partial charge in [-0.05, 0) is 0 Å². The van der Waals surface area contributed by atoms with Crippen LogP contribution in [0.5, 0.6) is 0 Å². The Morgan fingerprint density at radius 3 is 1.92 bits per heavy atom. The quantitative estimate of drug-likeness (QED) is 0.613. The molecule has 0 bridgehead atoms. The number of carbonyl (C=O) groups is 2. The lowest BCUT2D eigenvalue weighted by atomic mass is 10.5. The Hall–Kier alpha value is -2.18. The van der Waals surface area contributed by atoms with Crippen LogP contribution < -0.4 is 0 Å². The summed E-state index contributed by atoms with van der Waals surface area (Å²) in [7, 11) is 0. The number of hydrogen-bond donors (Lipinski definition) is 2. The summed E-state index contributed by atoms with van der Waals surface area (Å²) in [6.07, 6.45) is 3.99. The molecule has 13 heavy (non-hydrogen) atoms. The molecule has 1 heterocycles. The van der Waals surface area contributed by atoms with Gasteiger partial charge >= 0.3 is 11.9 Å². The Kier molecular flexibility index (Phi) is 5.43. The minimum atomic E-state index is -1.26. The number of rotatable bonds is 2. The van der Waals surface area contributed by atoms with Crippen molar-refractivity contribution >= 4 is 11.9 Å². The summed E-state index contributed by atoms with van der Waals surface area (Å²) in [4.78, 5) is 19.1. The molecular weight excluding hydrogens is 180 g/mol. The highest BCUT2D eigenvalue weighted by Gasteiger charge is 1.88. The second-order valence-corrected chi connectivity index (χ2v) is 1.60. The third-order valence-corrected chi connectivity index (χ3v) is 0.651. The summed E-state index contributed by atoms with van der Waals surface area (Å²) < 4.78 is 4.22. The van der Waals surface area contributed by atoms with Gasteiger partial charge in [-0.25, -0.2) is 9.59 Å². The van der Waals surface area contributed by atoms with Crippen LogP contribution in [-0.2, 0) is 9.59 Å². The van der Waals surface area contributed by atoms with Crippen LogP contribution in [0, 0.1) is 0 Å². The molecule has 0 aliphatic heterocycles. The highest BCUT2D eigenvalue weighted by Crippen LogP contribution is 1.70. The number of aliphatic carboxylic acids is 2. The maximum Gasteiger partial charge on any atom is 0.328 e. The first-order chi connectivity index (χ1) is 6.13. The summed E-state index contributed by atoms with van der Waals surface area (Å²) in [6, 6.07) is 0.